The molecule has 0 radical (unpaired) electrons. The Morgan fingerprint density at radius 2 is 2.11 bits per heavy atom. The number of esters is 1. The maximum absolute atomic E-state index is 11.1. The maximum Gasteiger partial charge on any atom is 0.373 e. The molecule has 0 saturated heterocycles. The van der Waals surface area contributed by atoms with Gasteiger partial charge in [0.15, 0.2) is 0 Å². The van der Waals surface area contributed by atoms with Crippen LogP contribution in [0.4, 0.5) is 0 Å². The molecule has 1 fully saturated rings. The number of carbonyl (C=O) groups is 1. The number of rotatable bonds is 7. The van der Waals surface area contributed by atoms with Crippen LogP contribution in [-0.2, 0) is 9.53 Å². The molecule has 6 heteroatoms. The van der Waals surface area contributed by atoms with Gasteiger partial charge >= 0.3 is 13.0 Å². The molecule has 19 heavy (non-hydrogen) atoms. The molecular formula is C13H25BClNO3. The molecule has 2 N–H and O–H groups in total. The van der Waals surface area contributed by atoms with E-state index >= 15 is 0 Å². The molecule has 0 aromatic rings. The van der Waals surface area contributed by atoms with Crippen LogP contribution in [0, 0.1) is 5.92 Å². The number of carbonyl (C=O) groups excluding carboxylic acids is 1. The number of ether oxygens (including phenoxy) is 1. The Balaban J connectivity index is 2.59. The van der Waals surface area contributed by atoms with Crippen molar-refractivity contribution in [1.29, 1.82) is 0 Å². The topological polar surface area (TPSA) is 58.6 Å². The summed E-state index contributed by atoms with van der Waals surface area (Å²) in [6.45, 7) is 3.06. The van der Waals surface area contributed by atoms with Gasteiger partial charge in [-0.3, -0.25) is 4.79 Å². The summed E-state index contributed by atoms with van der Waals surface area (Å²) >= 11 is 5.91. The highest BCUT2D eigenvalue weighted by Gasteiger charge is 2.28. The summed E-state index contributed by atoms with van der Waals surface area (Å²) in [6, 6.07) is -0.0792. The van der Waals surface area contributed by atoms with Crippen LogP contribution in [0.3, 0.4) is 0 Å². The first-order valence-corrected chi connectivity index (χ1v) is 7.73. The zero-order valence-corrected chi connectivity index (χ0v) is 12.7. The Morgan fingerprint density at radius 3 is 2.58 bits per heavy atom. The van der Waals surface area contributed by atoms with E-state index in [9.17, 15) is 9.82 Å². The lowest BCUT2D eigenvalue weighted by Crippen LogP contribution is -2.50. The third-order valence-electron chi connectivity index (χ3n) is 3.69. The molecule has 1 saturated carbocycles. The van der Waals surface area contributed by atoms with Crippen molar-refractivity contribution in [1.82, 2.24) is 5.23 Å². The average Bonchev–Trinajstić information content (AvgIpc) is 2.35. The second kappa shape index (κ2) is 8.82. The normalized spacial score (nSPS) is 19.8. The summed E-state index contributed by atoms with van der Waals surface area (Å²) in [5.74, 6) is 0.550. The monoisotopic (exact) mass is 289 g/mol. The van der Waals surface area contributed by atoms with Crippen molar-refractivity contribution in [2.75, 3.05) is 5.88 Å². The fourth-order valence-corrected chi connectivity index (χ4v) is 3.13. The smallest absolute Gasteiger partial charge is 0.373 e. The summed E-state index contributed by atoms with van der Waals surface area (Å²) in [5, 5.41) is 12.6. The van der Waals surface area contributed by atoms with Crippen molar-refractivity contribution in [3.05, 3.63) is 0 Å². The van der Waals surface area contributed by atoms with Gasteiger partial charge in [-0.1, -0.05) is 32.1 Å². The quantitative estimate of drug-likeness (QED) is 0.428. The summed E-state index contributed by atoms with van der Waals surface area (Å²) in [5.41, 5.74) is 0. The first kappa shape index (κ1) is 16.8. The average molecular weight is 290 g/mol. The molecule has 1 aliphatic carbocycles. The van der Waals surface area contributed by atoms with E-state index in [4.69, 9.17) is 16.3 Å². The highest BCUT2D eigenvalue weighted by molar-refractivity contribution is 6.45. The lowest BCUT2D eigenvalue weighted by atomic mass is 9.80. The van der Waals surface area contributed by atoms with Crippen molar-refractivity contribution in [2.24, 2.45) is 5.92 Å². The van der Waals surface area contributed by atoms with E-state index in [0.717, 1.165) is 6.42 Å². The Kier molecular flexibility index (Phi) is 7.80. The van der Waals surface area contributed by atoms with Gasteiger partial charge in [-0.05, 0) is 19.2 Å². The number of alkyl halides is 1. The fraction of sp³-hybridized carbons (Fsp3) is 0.923. The van der Waals surface area contributed by atoms with Crippen LogP contribution < -0.4 is 5.23 Å². The lowest BCUT2D eigenvalue weighted by Gasteiger charge is -2.31. The predicted octanol–water partition coefficient (Wildman–Crippen LogP) is 2.20. The van der Waals surface area contributed by atoms with Gasteiger partial charge in [0.2, 0.25) is 0 Å². The van der Waals surface area contributed by atoms with Gasteiger partial charge in [0.25, 0.3) is 0 Å². The largest absolute Gasteiger partial charge is 0.460 e. The molecule has 0 bridgehead atoms. The summed E-state index contributed by atoms with van der Waals surface area (Å²) in [7, 11) is -0.630. The van der Waals surface area contributed by atoms with Crippen LogP contribution in [0.2, 0.25) is 6.82 Å². The van der Waals surface area contributed by atoms with Crippen molar-refractivity contribution < 1.29 is 14.6 Å². The third-order valence-corrected chi connectivity index (χ3v) is 3.99. The van der Waals surface area contributed by atoms with Crippen LogP contribution in [0.15, 0.2) is 0 Å². The summed E-state index contributed by atoms with van der Waals surface area (Å²) in [6.07, 6.45) is 6.80. The van der Waals surface area contributed by atoms with Gasteiger partial charge in [-0.2, -0.15) is 0 Å². The van der Waals surface area contributed by atoms with E-state index in [0.29, 0.717) is 5.92 Å². The molecule has 0 aromatic heterocycles. The molecule has 0 heterocycles. The minimum absolute atomic E-state index is 0.0792. The third kappa shape index (κ3) is 6.64. The number of hydrogen-bond acceptors (Lipinski definition) is 4. The van der Waals surface area contributed by atoms with Crippen LogP contribution in [-0.4, -0.2) is 36.1 Å². The van der Waals surface area contributed by atoms with Crippen LogP contribution >= 0.6 is 11.6 Å². The van der Waals surface area contributed by atoms with Crippen LogP contribution in [0.25, 0.3) is 0 Å². The van der Waals surface area contributed by atoms with E-state index in [-0.39, 0.29) is 24.0 Å². The molecule has 0 unspecified atom stereocenters. The van der Waals surface area contributed by atoms with E-state index in [1.54, 1.807) is 6.82 Å². The number of halogens is 1. The zero-order chi connectivity index (χ0) is 14.3. The van der Waals surface area contributed by atoms with E-state index in [2.05, 4.69) is 5.23 Å². The molecule has 0 aromatic carbocycles. The Hall–Kier alpha value is -0.255. The molecular weight excluding hydrogens is 264 g/mol. The van der Waals surface area contributed by atoms with E-state index < -0.39 is 7.05 Å². The SMILES string of the molecule is CB(O)N[C@@H](CC1CCCCC1)[C@H](CCl)OC(C)=O. The first-order valence-electron chi connectivity index (χ1n) is 7.20. The second-order valence-electron chi connectivity index (χ2n) is 5.49. The molecule has 110 valence electrons. The van der Waals surface area contributed by atoms with Crippen molar-refractivity contribution in [3.8, 4) is 0 Å². The Labute approximate surface area is 121 Å². The Morgan fingerprint density at radius 1 is 1.47 bits per heavy atom. The number of nitrogens with one attached hydrogen (secondary N) is 1. The van der Waals surface area contributed by atoms with Gasteiger partial charge < -0.3 is 15.0 Å². The highest BCUT2D eigenvalue weighted by Crippen LogP contribution is 2.28. The fourth-order valence-electron chi connectivity index (χ4n) is 2.85. The molecule has 0 aliphatic heterocycles. The first-order chi connectivity index (χ1) is 9.02. The van der Waals surface area contributed by atoms with Crippen molar-refractivity contribution >= 4 is 24.6 Å². The van der Waals surface area contributed by atoms with Gasteiger partial charge in [0, 0.05) is 13.0 Å². The molecule has 1 rings (SSSR count). The van der Waals surface area contributed by atoms with E-state index in [1.807, 2.05) is 0 Å². The molecule has 2 atom stereocenters. The second-order valence-corrected chi connectivity index (χ2v) is 5.80. The number of hydrogen-bond donors (Lipinski definition) is 2. The van der Waals surface area contributed by atoms with Crippen molar-refractivity contribution in [2.45, 2.75) is 64.4 Å². The van der Waals surface area contributed by atoms with E-state index in [1.165, 1.54) is 39.0 Å². The summed E-state index contributed by atoms with van der Waals surface area (Å²) in [4.78, 5) is 11.1. The minimum Gasteiger partial charge on any atom is -0.460 e. The van der Waals surface area contributed by atoms with Gasteiger partial charge in [-0.25, -0.2) is 0 Å². The minimum atomic E-state index is -0.630. The van der Waals surface area contributed by atoms with Crippen LogP contribution in [0.1, 0.15) is 45.4 Å². The molecule has 0 spiro atoms. The highest BCUT2D eigenvalue weighted by atomic mass is 35.5. The molecule has 4 nitrogen and oxygen atoms in total. The predicted molar refractivity (Wildman–Crippen MR) is 78.2 cm³/mol. The van der Waals surface area contributed by atoms with Gasteiger partial charge in [-0.15, -0.1) is 11.6 Å². The lowest BCUT2D eigenvalue weighted by molar-refractivity contribution is -0.146. The van der Waals surface area contributed by atoms with Gasteiger partial charge in [0.05, 0.1) is 5.88 Å². The molecule has 0 amide bonds. The Bertz CT molecular complexity index is 273. The van der Waals surface area contributed by atoms with Crippen LogP contribution in [0.5, 0.6) is 0 Å². The summed E-state index contributed by atoms with van der Waals surface area (Å²) < 4.78 is 5.26. The maximum atomic E-state index is 11.1. The van der Waals surface area contributed by atoms with Gasteiger partial charge in [0.1, 0.15) is 6.10 Å². The molecule has 1 aliphatic rings. The van der Waals surface area contributed by atoms with Crippen molar-refractivity contribution in [3.63, 3.8) is 0 Å². The standard InChI is InChI=1S/C13H25BClNO3/c1-10(17)19-13(9-15)12(16-14(2)18)8-11-6-4-3-5-7-11/h11-13,16,18H,3-9H2,1-2H3/t12-,13-/m0/s1. The zero-order valence-electron chi connectivity index (χ0n) is 11.9.